The summed E-state index contributed by atoms with van der Waals surface area (Å²) in [5, 5.41) is 9.90. The maximum Gasteiger partial charge on any atom is 0.416 e. The number of hydrogen-bond donors (Lipinski definition) is 1. The fourth-order valence-electron chi connectivity index (χ4n) is 2.50. The van der Waals surface area contributed by atoms with Gasteiger partial charge in [-0.3, -0.25) is 4.79 Å². The zero-order chi connectivity index (χ0) is 21.3. The molecule has 1 N–H and O–H groups in total. The Labute approximate surface area is 178 Å². The van der Waals surface area contributed by atoms with Crippen LogP contribution < -0.4 is 0 Å². The highest BCUT2D eigenvalue weighted by molar-refractivity contribution is 7.17. The van der Waals surface area contributed by atoms with Crippen LogP contribution in [0.5, 0.6) is 5.75 Å². The number of rotatable bonds is 4. The van der Waals surface area contributed by atoms with E-state index in [9.17, 15) is 23.1 Å². The first kappa shape index (κ1) is 21.4. The number of carbonyl (C=O) groups is 1. The molecule has 0 radical (unpaired) electrons. The summed E-state index contributed by atoms with van der Waals surface area (Å²) in [5.41, 5.74) is 0.341. The molecular formula is C20H12Cl2F3NO2S. The Morgan fingerprint density at radius 3 is 2.59 bits per heavy atom. The van der Waals surface area contributed by atoms with Crippen molar-refractivity contribution in [3.05, 3.63) is 74.2 Å². The first-order valence-electron chi connectivity index (χ1n) is 8.12. The molecule has 0 aliphatic carbocycles. The van der Waals surface area contributed by atoms with Gasteiger partial charge in [-0.1, -0.05) is 35.3 Å². The molecule has 0 saturated carbocycles. The van der Waals surface area contributed by atoms with E-state index in [-0.39, 0.29) is 27.1 Å². The lowest BCUT2D eigenvalue weighted by molar-refractivity contribution is -0.137. The van der Waals surface area contributed by atoms with Crippen LogP contribution in [0.4, 0.5) is 13.2 Å². The molecule has 9 heteroatoms. The second-order valence-corrected chi connectivity index (χ2v) is 7.77. The maximum absolute atomic E-state index is 12.9. The van der Waals surface area contributed by atoms with Crippen LogP contribution >= 0.6 is 34.5 Å². The van der Waals surface area contributed by atoms with E-state index in [0.29, 0.717) is 21.1 Å². The Kier molecular flexibility index (Phi) is 6.03. The van der Waals surface area contributed by atoms with Gasteiger partial charge in [0.25, 0.3) is 0 Å². The van der Waals surface area contributed by atoms with Gasteiger partial charge < -0.3 is 5.11 Å². The summed E-state index contributed by atoms with van der Waals surface area (Å²) in [6.07, 6.45) is -1.75. The normalized spacial score (nSPS) is 11.9. The van der Waals surface area contributed by atoms with E-state index in [2.05, 4.69) is 4.98 Å². The average Bonchev–Trinajstić information content (AvgIpc) is 3.06. The Morgan fingerprint density at radius 2 is 1.90 bits per heavy atom. The highest BCUT2D eigenvalue weighted by Gasteiger charge is 2.30. The minimum Gasteiger partial charge on any atom is -0.506 e. The third-order valence-corrected chi connectivity index (χ3v) is 6.07. The van der Waals surface area contributed by atoms with Gasteiger partial charge in [-0.15, -0.1) is 11.3 Å². The van der Waals surface area contributed by atoms with E-state index in [1.165, 1.54) is 36.4 Å². The second kappa shape index (κ2) is 8.18. The van der Waals surface area contributed by atoms with Crippen LogP contribution in [0.3, 0.4) is 0 Å². The molecule has 150 valence electrons. The number of aromatic nitrogens is 1. The van der Waals surface area contributed by atoms with Crippen LogP contribution in [0.1, 0.15) is 26.5 Å². The van der Waals surface area contributed by atoms with Crippen molar-refractivity contribution in [2.24, 2.45) is 0 Å². The lowest BCUT2D eigenvalue weighted by atomic mass is 10.1. The van der Waals surface area contributed by atoms with Crippen LogP contribution in [0, 0.1) is 6.92 Å². The van der Waals surface area contributed by atoms with Crippen molar-refractivity contribution < 1.29 is 23.1 Å². The SMILES string of the molecule is Cc1nc(-c2cccc(C(F)(F)F)c2)sc1C(=O)C=Cc1ccc(O)c(Cl)c1Cl. The minimum atomic E-state index is -4.46. The van der Waals surface area contributed by atoms with Crippen molar-refractivity contribution in [1.29, 1.82) is 0 Å². The quantitative estimate of drug-likeness (QED) is 0.337. The molecule has 1 heterocycles. The van der Waals surface area contributed by atoms with Crippen LogP contribution in [0.25, 0.3) is 16.6 Å². The van der Waals surface area contributed by atoms with Crippen LogP contribution in [0.15, 0.2) is 42.5 Å². The molecule has 0 saturated heterocycles. The molecular weight excluding hydrogens is 446 g/mol. The first-order valence-corrected chi connectivity index (χ1v) is 9.69. The summed E-state index contributed by atoms with van der Waals surface area (Å²) in [6, 6.07) is 7.64. The van der Waals surface area contributed by atoms with E-state index in [1.807, 2.05) is 0 Å². The molecule has 2 aromatic carbocycles. The number of aromatic hydroxyl groups is 1. The Bertz CT molecular complexity index is 1120. The number of phenolic OH excluding ortho intramolecular Hbond substituents is 1. The van der Waals surface area contributed by atoms with E-state index in [0.717, 1.165) is 23.5 Å². The third-order valence-electron chi connectivity index (χ3n) is 3.96. The average molecular weight is 458 g/mol. The monoisotopic (exact) mass is 457 g/mol. The van der Waals surface area contributed by atoms with Gasteiger partial charge in [0.2, 0.25) is 0 Å². The van der Waals surface area contributed by atoms with Gasteiger partial charge in [0, 0.05) is 5.56 Å². The number of benzene rings is 2. The highest BCUT2D eigenvalue weighted by atomic mass is 35.5. The Morgan fingerprint density at radius 1 is 1.17 bits per heavy atom. The molecule has 3 aromatic rings. The van der Waals surface area contributed by atoms with Crippen LogP contribution in [0.2, 0.25) is 10.0 Å². The number of carbonyl (C=O) groups excluding carboxylic acids is 1. The van der Waals surface area contributed by atoms with Crippen molar-refractivity contribution in [2.75, 3.05) is 0 Å². The summed E-state index contributed by atoms with van der Waals surface area (Å²) in [5.74, 6) is -0.553. The van der Waals surface area contributed by atoms with Crippen molar-refractivity contribution in [2.45, 2.75) is 13.1 Å². The smallest absolute Gasteiger partial charge is 0.416 e. The van der Waals surface area contributed by atoms with E-state index >= 15 is 0 Å². The number of aryl methyl sites for hydroxylation is 1. The Balaban J connectivity index is 1.89. The molecule has 0 atom stereocenters. The fourth-order valence-corrected chi connectivity index (χ4v) is 3.88. The van der Waals surface area contributed by atoms with Gasteiger partial charge in [0.05, 0.1) is 21.2 Å². The predicted octanol–water partition coefficient (Wildman–Crippen LogP) is 7.05. The number of halogens is 5. The summed E-state index contributed by atoms with van der Waals surface area (Å²) >= 11 is 12.9. The van der Waals surface area contributed by atoms with Gasteiger partial charge in [0.15, 0.2) is 5.78 Å². The number of thiazole rings is 1. The molecule has 0 unspecified atom stereocenters. The molecule has 0 spiro atoms. The molecule has 0 aliphatic rings. The standard InChI is InChI=1S/C20H12Cl2F3NO2S/c1-10-18(15(28)8-6-11-5-7-14(27)17(22)16(11)21)29-19(26-10)12-3-2-4-13(9-12)20(23,24)25/h2-9,27H,1H3. The summed E-state index contributed by atoms with van der Waals surface area (Å²) < 4.78 is 38.8. The predicted molar refractivity (Wildman–Crippen MR) is 109 cm³/mol. The van der Waals surface area contributed by atoms with Crippen molar-refractivity contribution in [1.82, 2.24) is 4.98 Å². The number of nitrogens with zero attached hydrogens (tertiary/aromatic N) is 1. The van der Waals surface area contributed by atoms with Crippen molar-refractivity contribution in [3.8, 4) is 16.3 Å². The van der Waals surface area contributed by atoms with Crippen molar-refractivity contribution in [3.63, 3.8) is 0 Å². The summed E-state index contributed by atoms with van der Waals surface area (Å²) in [6.45, 7) is 1.61. The number of phenols is 1. The minimum absolute atomic E-state index is 0.0259. The molecule has 29 heavy (non-hydrogen) atoms. The van der Waals surface area contributed by atoms with Crippen LogP contribution in [-0.2, 0) is 6.18 Å². The lowest BCUT2D eigenvalue weighted by Gasteiger charge is -2.07. The molecule has 0 bridgehead atoms. The van der Waals surface area contributed by atoms with Gasteiger partial charge in [-0.05, 0) is 48.9 Å². The fraction of sp³-hybridized carbons (Fsp3) is 0.100. The number of ketones is 1. The zero-order valence-corrected chi connectivity index (χ0v) is 17.0. The largest absolute Gasteiger partial charge is 0.506 e. The van der Waals surface area contributed by atoms with E-state index < -0.39 is 11.7 Å². The van der Waals surface area contributed by atoms with E-state index in [4.69, 9.17) is 23.2 Å². The van der Waals surface area contributed by atoms with E-state index in [1.54, 1.807) is 6.92 Å². The summed E-state index contributed by atoms with van der Waals surface area (Å²) in [7, 11) is 0. The molecule has 0 amide bonds. The van der Waals surface area contributed by atoms with Gasteiger partial charge in [0.1, 0.15) is 15.8 Å². The molecule has 1 aromatic heterocycles. The molecule has 3 nitrogen and oxygen atoms in total. The molecule has 0 aliphatic heterocycles. The summed E-state index contributed by atoms with van der Waals surface area (Å²) in [4.78, 5) is 17.1. The number of allylic oxidation sites excluding steroid dienone is 1. The lowest BCUT2D eigenvalue weighted by Crippen LogP contribution is -2.04. The highest BCUT2D eigenvalue weighted by Crippen LogP contribution is 2.36. The van der Waals surface area contributed by atoms with Gasteiger partial charge >= 0.3 is 6.18 Å². The number of alkyl halides is 3. The Hall–Kier alpha value is -2.35. The third kappa shape index (κ3) is 4.63. The van der Waals surface area contributed by atoms with Crippen LogP contribution in [-0.4, -0.2) is 15.9 Å². The van der Waals surface area contributed by atoms with Crippen molar-refractivity contribution >= 4 is 46.4 Å². The zero-order valence-electron chi connectivity index (χ0n) is 14.7. The second-order valence-electron chi connectivity index (χ2n) is 6.01. The topological polar surface area (TPSA) is 50.2 Å². The van der Waals surface area contributed by atoms with Gasteiger partial charge in [-0.2, -0.15) is 13.2 Å². The number of hydrogen-bond acceptors (Lipinski definition) is 4. The first-order chi connectivity index (χ1) is 13.6. The maximum atomic E-state index is 12.9. The van der Waals surface area contributed by atoms with Gasteiger partial charge in [-0.25, -0.2) is 4.98 Å². The molecule has 3 rings (SSSR count). The molecule has 0 fully saturated rings.